The molecule has 1 heterocycles. The number of nitrogens with zero attached hydrogens (tertiary/aromatic N) is 1. The third kappa shape index (κ3) is 4.99. The van der Waals surface area contributed by atoms with Gasteiger partial charge in [0.1, 0.15) is 5.82 Å². The van der Waals surface area contributed by atoms with Gasteiger partial charge >= 0.3 is 0 Å². The predicted molar refractivity (Wildman–Crippen MR) is 88.5 cm³/mol. The first-order chi connectivity index (χ1) is 10.8. The normalized spacial score (nSPS) is 19.7. The summed E-state index contributed by atoms with van der Waals surface area (Å²) in [6, 6.07) is 4.06. The molecule has 1 aromatic carbocycles. The van der Waals surface area contributed by atoms with Crippen molar-refractivity contribution in [2.75, 3.05) is 31.8 Å². The highest BCUT2D eigenvalue weighted by Gasteiger charge is 2.34. The third-order valence-electron chi connectivity index (χ3n) is 3.86. The largest absolute Gasteiger partial charge is 0.383 e. The molecule has 1 aromatic rings. The van der Waals surface area contributed by atoms with Gasteiger partial charge in [0.05, 0.1) is 24.5 Å². The number of carbonyl (C=O) groups excluding carboxylic acids is 1. The van der Waals surface area contributed by atoms with Crippen LogP contribution >= 0.6 is 15.9 Å². The fourth-order valence-corrected chi connectivity index (χ4v) is 4.80. The van der Waals surface area contributed by atoms with Gasteiger partial charge in [-0.15, -0.1) is 0 Å². The second kappa shape index (κ2) is 7.72. The van der Waals surface area contributed by atoms with Crippen LogP contribution in [0.3, 0.4) is 0 Å². The monoisotopic (exact) mass is 407 g/mol. The minimum Gasteiger partial charge on any atom is -0.383 e. The zero-order chi connectivity index (χ0) is 17.0. The van der Waals surface area contributed by atoms with Crippen molar-refractivity contribution in [3.05, 3.63) is 34.1 Å². The molecule has 2 rings (SSSR count). The Kier molecular flexibility index (Phi) is 6.16. The topological polar surface area (TPSA) is 63.7 Å². The molecule has 8 heteroatoms. The predicted octanol–water partition coefficient (Wildman–Crippen LogP) is 1.79. The van der Waals surface area contributed by atoms with Gasteiger partial charge in [-0.1, -0.05) is 15.9 Å². The van der Waals surface area contributed by atoms with Gasteiger partial charge in [-0.2, -0.15) is 0 Å². The summed E-state index contributed by atoms with van der Waals surface area (Å²) in [7, 11) is -1.59. The zero-order valence-electron chi connectivity index (χ0n) is 12.8. The Labute approximate surface area is 143 Å². The molecule has 23 heavy (non-hydrogen) atoms. The summed E-state index contributed by atoms with van der Waals surface area (Å²) in [6.07, 6.45) is 0.310. The van der Waals surface area contributed by atoms with E-state index in [1.54, 1.807) is 12.1 Å². The Morgan fingerprint density at radius 2 is 2.22 bits per heavy atom. The molecule has 1 fully saturated rings. The Bertz CT molecular complexity index is 680. The molecule has 0 spiro atoms. The van der Waals surface area contributed by atoms with E-state index in [-0.39, 0.29) is 35.4 Å². The van der Waals surface area contributed by atoms with Crippen LogP contribution in [0.5, 0.6) is 0 Å². The number of amides is 1. The smallest absolute Gasteiger partial charge is 0.227 e. The van der Waals surface area contributed by atoms with E-state index in [2.05, 4.69) is 15.9 Å². The summed E-state index contributed by atoms with van der Waals surface area (Å²) in [6.45, 7) is 0.606. The van der Waals surface area contributed by atoms with Gasteiger partial charge in [-0.25, -0.2) is 12.8 Å². The molecule has 0 aromatic heterocycles. The van der Waals surface area contributed by atoms with Crippen LogP contribution in [0.2, 0.25) is 0 Å². The summed E-state index contributed by atoms with van der Waals surface area (Å²) < 4.78 is 42.9. The van der Waals surface area contributed by atoms with Crippen molar-refractivity contribution in [3.8, 4) is 0 Å². The van der Waals surface area contributed by atoms with E-state index in [1.807, 2.05) is 0 Å². The van der Waals surface area contributed by atoms with E-state index < -0.39 is 15.7 Å². The van der Waals surface area contributed by atoms with Crippen LogP contribution in [0.4, 0.5) is 4.39 Å². The molecule has 1 aliphatic rings. The maximum absolute atomic E-state index is 13.8. The lowest BCUT2D eigenvalue weighted by Gasteiger charge is -2.28. The van der Waals surface area contributed by atoms with Crippen LogP contribution in [0.15, 0.2) is 22.7 Å². The number of ether oxygens (including phenoxy) is 1. The first-order valence-electron chi connectivity index (χ1n) is 7.25. The molecule has 1 unspecified atom stereocenters. The first kappa shape index (κ1) is 18.4. The van der Waals surface area contributed by atoms with E-state index in [0.29, 0.717) is 24.0 Å². The van der Waals surface area contributed by atoms with Crippen molar-refractivity contribution in [3.63, 3.8) is 0 Å². The lowest BCUT2D eigenvalue weighted by Crippen LogP contribution is -2.43. The van der Waals surface area contributed by atoms with Crippen LogP contribution < -0.4 is 0 Å². The second-order valence-electron chi connectivity index (χ2n) is 5.55. The first-order valence-corrected chi connectivity index (χ1v) is 9.86. The molecule has 1 aliphatic heterocycles. The highest BCUT2D eigenvalue weighted by Crippen LogP contribution is 2.21. The van der Waals surface area contributed by atoms with Crippen molar-refractivity contribution in [1.29, 1.82) is 0 Å². The standard InChI is InChI=1S/C15H19BrFNO4S/c1-22-6-5-18(13-4-7-23(20,21)10-13)15(19)9-11-8-12(16)2-3-14(11)17/h2-3,8,13H,4-7,9-10H2,1H3. The van der Waals surface area contributed by atoms with Gasteiger partial charge in [0.15, 0.2) is 9.84 Å². The molecule has 0 radical (unpaired) electrons. The molecule has 1 saturated heterocycles. The molecular weight excluding hydrogens is 389 g/mol. The van der Waals surface area contributed by atoms with Crippen LogP contribution in [-0.4, -0.2) is 57.0 Å². The van der Waals surface area contributed by atoms with E-state index in [4.69, 9.17) is 4.74 Å². The molecule has 0 saturated carbocycles. The minimum atomic E-state index is -3.10. The van der Waals surface area contributed by atoms with Gasteiger partial charge in [-0.05, 0) is 30.2 Å². The molecule has 1 amide bonds. The van der Waals surface area contributed by atoms with Crippen molar-refractivity contribution in [1.82, 2.24) is 4.90 Å². The number of rotatable bonds is 6. The molecule has 1 atom stereocenters. The van der Waals surface area contributed by atoms with Gasteiger partial charge in [0, 0.05) is 24.2 Å². The number of hydrogen-bond donors (Lipinski definition) is 0. The molecule has 128 valence electrons. The second-order valence-corrected chi connectivity index (χ2v) is 8.69. The lowest BCUT2D eigenvalue weighted by molar-refractivity contribution is -0.133. The van der Waals surface area contributed by atoms with Crippen molar-refractivity contribution in [2.24, 2.45) is 0 Å². The van der Waals surface area contributed by atoms with Crippen molar-refractivity contribution < 1.29 is 22.3 Å². The van der Waals surface area contributed by atoms with Crippen LogP contribution in [0.25, 0.3) is 0 Å². The van der Waals surface area contributed by atoms with Crippen molar-refractivity contribution in [2.45, 2.75) is 18.9 Å². The molecule has 0 N–H and O–H groups in total. The Hall–Kier alpha value is -0.990. The lowest BCUT2D eigenvalue weighted by atomic mass is 10.1. The van der Waals surface area contributed by atoms with Gasteiger partial charge in [-0.3, -0.25) is 4.79 Å². The maximum Gasteiger partial charge on any atom is 0.227 e. The summed E-state index contributed by atoms with van der Waals surface area (Å²) in [5, 5.41) is 0. The van der Waals surface area contributed by atoms with E-state index in [0.717, 1.165) is 0 Å². The Morgan fingerprint density at radius 1 is 1.48 bits per heavy atom. The van der Waals surface area contributed by atoms with Gasteiger partial charge in [0.2, 0.25) is 5.91 Å². The Morgan fingerprint density at radius 3 is 2.83 bits per heavy atom. The molecular formula is C15H19BrFNO4S. The number of hydrogen-bond acceptors (Lipinski definition) is 4. The average Bonchev–Trinajstić information content (AvgIpc) is 2.83. The van der Waals surface area contributed by atoms with Crippen LogP contribution in [0, 0.1) is 5.82 Å². The Balaban J connectivity index is 2.15. The maximum atomic E-state index is 13.8. The fourth-order valence-electron chi connectivity index (χ4n) is 2.66. The minimum absolute atomic E-state index is 0.0383. The number of sulfone groups is 1. The van der Waals surface area contributed by atoms with Crippen LogP contribution in [0.1, 0.15) is 12.0 Å². The van der Waals surface area contributed by atoms with E-state index >= 15 is 0 Å². The van der Waals surface area contributed by atoms with Crippen LogP contribution in [-0.2, 0) is 25.8 Å². The number of methoxy groups -OCH3 is 1. The van der Waals surface area contributed by atoms with E-state index in [9.17, 15) is 17.6 Å². The fraction of sp³-hybridized carbons (Fsp3) is 0.533. The summed E-state index contributed by atoms with van der Waals surface area (Å²) in [5.74, 6) is -0.697. The molecule has 0 aliphatic carbocycles. The number of carbonyl (C=O) groups is 1. The zero-order valence-corrected chi connectivity index (χ0v) is 15.2. The third-order valence-corrected chi connectivity index (χ3v) is 6.10. The number of halogens is 2. The summed E-state index contributed by atoms with van der Waals surface area (Å²) in [4.78, 5) is 14.1. The number of benzene rings is 1. The van der Waals surface area contributed by atoms with Gasteiger partial charge < -0.3 is 9.64 Å². The highest BCUT2D eigenvalue weighted by atomic mass is 79.9. The average molecular weight is 408 g/mol. The summed E-state index contributed by atoms with van der Waals surface area (Å²) >= 11 is 3.26. The van der Waals surface area contributed by atoms with E-state index in [1.165, 1.54) is 18.1 Å². The quantitative estimate of drug-likeness (QED) is 0.720. The highest BCUT2D eigenvalue weighted by molar-refractivity contribution is 9.10. The van der Waals surface area contributed by atoms with Crippen molar-refractivity contribution >= 4 is 31.7 Å². The van der Waals surface area contributed by atoms with Gasteiger partial charge in [0.25, 0.3) is 0 Å². The molecule has 5 nitrogen and oxygen atoms in total. The molecule has 0 bridgehead atoms. The summed E-state index contributed by atoms with van der Waals surface area (Å²) in [5.41, 5.74) is 0.285. The SMILES string of the molecule is COCCN(C(=O)Cc1cc(Br)ccc1F)C1CCS(=O)(=O)C1.